The molecule has 1 aromatic carbocycles. The number of benzene rings is 1. The first kappa shape index (κ1) is 16.0. The minimum atomic E-state index is -0.157. The molecule has 124 valence electrons. The van der Waals surface area contributed by atoms with Crippen molar-refractivity contribution in [2.45, 2.75) is 39.0 Å². The van der Waals surface area contributed by atoms with Gasteiger partial charge in [-0.3, -0.25) is 9.59 Å². The van der Waals surface area contributed by atoms with E-state index in [1.807, 2.05) is 40.1 Å². The smallest absolute Gasteiger partial charge is 0.228 e. The molecule has 1 aliphatic heterocycles. The molecule has 0 atom stereocenters. The molecule has 0 spiro atoms. The van der Waals surface area contributed by atoms with E-state index in [1.54, 1.807) is 0 Å². The van der Waals surface area contributed by atoms with E-state index < -0.39 is 0 Å². The summed E-state index contributed by atoms with van der Waals surface area (Å²) in [5.74, 6) is 0.459. The van der Waals surface area contributed by atoms with Gasteiger partial charge in [0.2, 0.25) is 11.8 Å². The predicted octanol–water partition coefficient (Wildman–Crippen LogP) is 2.48. The minimum absolute atomic E-state index is 0.157. The van der Waals surface area contributed by atoms with Crippen LogP contribution in [0.25, 0.3) is 0 Å². The molecule has 1 aliphatic carbocycles. The Balaban J connectivity index is 1.52. The SMILES string of the molecule is CC1(C(=O)N2CCN(C(=O)Cc3ccccc3)CC2)CCCC1. The van der Waals surface area contributed by atoms with Crippen LogP contribution in [0.3, 0.4) is 0 Å². The van der Waals surface area contributed by atoms with Gasteiger partial charge in [0, 0.05) is 31.6 Å². The summed E-state index contributed by atoms with van der Waals surface area (Å²) in [6, 6.07) is 9.85. The zero-order valence-electron chi connectivity index (χ0n) is 14.0. The van der Waals surface area contributed by atoms with Crippen molar-refractivity contribution in [1.82, 2.24) is 9.80 Å². The number of hydrogen-bond acceptors (Lipinski definition) is 2. The quantitative estimate of drug-likeness (QED) is 0.860. The van der Waals surface area contributed by atoms with Crippen LogP contribution in [0.5, 0.6) is 0 Å². The molecule has 0 bridgehead atoms. The number of piperazine rings is 1. The Bertz CT molecular complexity index is 556. The van der Waals surface area contributed by atoms with Crippen LogP contribution in [0.15, 0.2) is 30.3 Å². The van der Waals surface area contributed by atoms with Gasteiger partial charge < -0.3 is 9.80 Å². The summed E-state index contributed by atoms with van der Waals surface area (Å²) in [5.41, 5.74) is 0.894. The maximum Gasteiger partial charge on any atom is 0.228 e. The number of carbonyl (C=O) groups excluding carboxylic acids is 2. The molecule has 1 saturated carbocycles. The van der Waals surface area contributed by atoms with Crippen LogP contribution in [0.4, 0.5) is 0 Å². The second-order valence-corrected chi connectivity index (χ2v) is 7.10. The van der Waals surface area contributed by atoms with E-state index >= 15 is 0 Å². The number of rotatable bonds is 3. The van der Waals surface area contributed by atoms with Crippen molar-refractivity contribution in [3.05, 3.63) is 35.9 Å². The van der Waals surface area contributed by atoms with Crippen LogP contribution in [0.1, 0.15) is 38.2 Å². The van der Waals surface area contributed by atoms with Crippen LogP contribution in [-0.2, 0) is 16.0 Å². The van der Waals surface area contributed by atoms with E-state index in [4.69, 9.17) is 0 Å². The topological polar surface area (TPSA) is 40.6 Å². The maximum atomic E-state index is 12.7. The molecule has 0 unspecified atom stereocenters. The largest absolute Gasteiger partial charge is 0.339 e. The Morgan fingerprint density at radius 3 is 2.13 bits per heavy atom. The van der Waals surface area contributed by atoms with Crippen LogP contribution in [-0.4, -0.2) is 47.8 Å². The second-order valence-electron chi connectivity index (χ2n) is 7.10. The Morgan fingerprint density at radius 2 is 1.52 bits per heavy atom. The summed E-state index contributed by atoms with van der Waals surface area (Å²) in [5, 5.41) is 0. The fraction of sp³-hybridized carbons (Fsp3) is 0.579. The lowest BCUT2D eigenvalue weighted by Gasteiger charge is -2.38. The summed E-state index contributed by atoms with van der Waals surface area (Å²) >= 11 is 0. The molecule has 23 heavy (non-hydrogen) atoms. The van der Waals surface area contributed by atoms with Gasteiger partial charge in [-0.2, -0.15) is 0 Å². The van der Waals surface area contributed by atoms with Crippen LogP contribution in [0, 0.1) is 5.41 Å². The normalized spacial score (nSPS) is 20.6. The number of nitrogens with zero attached hydrogens (tertiary/aromatic N) is 2. The molecule has 1 heterocycles. The van der Waals surface area contributed by atoms with Crippen molar-refractivity contribution in [1.29, 1.82) is 0 Å². The van der Waals surface area contributed by atoms with Gasteiger partial charge in [-0.05, 0) is 18.4 Å². The Hall–Kier alpha value is -1.84. The molecule has 2 fully saturated rings. The van der Waals surface area contributed by atoms with E-state index in [0.29, 0.717) is 38.5 Å². The van der Waals surface area contributed by atoms with Gasteiger partial charge in [0.25, 0.3) is 0 Å². The van der Waals surface area contributed by atoms with E-state index in [2.05, 4.69) is 6.92 Å². The average molecular weight is 314 g/mol. The zero-order valence-corrected chi connectivity index (χ0v) is 14.0. The fourth-order valence-corrected chi connectivity index (χ4v) is 3.79. The highest BCUT2D eigenvalue weighted by Crippen LogP contribution is 2.39. The summed E-state index contributed by atoms with van der Waals surface area (Å²) in [7, 11) is 0. The van der Waals surface area contributed by atoms with Crippen LogP contribution < -0.4 is 0 Å². The lowest BCUT2D eigenvalue weighted by Crippen LogP contribution is -2.53. The molecule has 0 N–H and O–H groups in total. The molecule has 2 aliphatic rings. The Kier molecular flexibility index (Phi) is 4.69. The molecular weight excluding hydrogens is 288 g/mol. The first-order valence-electron chi connectivity index (χ1n) is 8.70. The molecular formula is C19H26N2O2. The van der Waals surface area contributed by atoms with Crippen molar-refractivity contribution in [3.63, 3.8) is 0 Å². The van der Waals surface area contributed by atoms with Crippen molar-refractivity contribution in [2.75, 3.05) is 26.2 Å². The minimum Gasteiger partial charge on any atom is -0.339 e. The lowest BCUT2D eigenvalue weighted by molar-refractivity contribution is -0.146. The van der Waals surface area contributed by atoms with Crippen LogP contribution in [0.2, 0.25) is 0 Å². The van der Waals surface area contributed by atoms with E-state index in [0.717, 1.165) is 31.2 Å². The van der Waals surface area contributed by atoms with Gasteiger partial charge in [-0.1, -0.05) is 50.1 Å². The van der Waals surface area contributed by atoms with Crippen molar-refractivity contribution in [3.8, 4) is 0 Å². The molecule has 4 heteroatoms. The molecule has 0 aromatic heterocycles. The summed E-state index contributed by atoms with van der Waals surface area (Å²) in [6.07, 6.45) is 4.81. The van der Waals surface area contributed by atoms with Crippen LogP contribution >= 0.6 is 0 Å². The first-order valence-corrected chi connectivity index (χ1v) is 8.70. The Labute approximate surface area is 138 Å². The predicted molar refractivity (Wildman–Crippen MR) is 89.9 cm³/mol. The molecule has 4 nitrogen and oxygen atoms in total. The van der Waals surface area contributed by atoms with Gasteiger partial charge in [0.15, 0.2) is 0 Å². The highest BCUT2D eigenvalue weighted by atomic mass is 16.2. The third-order valence-corrected chi connectivity index (χ3v) is 5.34. The summed E-state index contributed by atoms with van der Waals surface area (Å²) < 4.78 is 0. The fourth-order valence-electron chi connectivity index (χ4n) is 3.79. The number of carbonyl (C=O) groups is 2. The molecule has 0 radical (unpaired) electrons. The van der Waals surface area contributed by atoms with Crippen molar-refractivity contribution >= 4 is 11.8 Å². The van der Waals surface area contributed by atoms with Crippen molar-refractivity contribution in [2.24, 2.45) is 5.41 Å². The summed E-state index contributed by atoms with van der Waals surface area (Å²) in [6.45, 7) is 4.78. The monoisotopic (exact) mass is 314 g/mol. The van der Waals surface area contributed by atoms with E-state index in [9.17, 15) is 9.59 Å². The molecule has 3 rings (SSSR count). The van der Waals surface area contributed by atoms with Gasteiger partial charge in [-0.25, -0.2) is 0 Å². The lowest BCUT2D eigenvalue weighted by atomic mass is 9.87. The van der Waals surface area contributed by atoms with Gasteiger partial charge >= 0.3 is 0 Å². The highest BCUT2D eigenvalue weighted by molar-refractivity contribution is 5.83. The van der Waals surface area contributed by atoms with Gasteiger partial charge in [0.1, 0.15) is 0 Å². The average Bonchev–Trinajstić information content (AvgIpc) is 3.03. The standard InChI is InChI=1S/C19H26N2O2/c1-19(9-5-6-10-19)18(23)21-13-11-20(12-14-21)17(22)15-16-7-3-2-4-8-16/h2-4,7-8H,5-6,9-15H2,1H3. The highest BCUT2D eigenvalue weighted by Gasteiger charge is 2.40. The maximum absolute atomic E-state index is 12.7. The van der Waals surface area contributed by atoms with Gasteiger partial charge in [-0.15, -0.1) is 0 Å². The molecule has 1 aromatic rings. The van der Waals surface area contributed by atoms with Gasteiger partial charge in [0.05, 0.1) is 6.42 Å². The number of hydrogen-bond donors (Lipinski definition) is 0. The molecule has 1 saturated heterocycles. The third kappa shape index (κ3) is 3.57. The Morgan fingerprint density at radius 1 is 0.957 bits per heavy atom. The first-order chi connectivity index (χ1) is 11.1. The van der Waals surface area contributed by atoms with E-state index in [-0.39, 0.29) is 11.3 Å². The summed E-state index contributed by atoms with van der Waals surface area (Å²) in [4.78, 5) is 29.0. The third-order valence-electron chi connectivity index (χ3n) is 5.34. The number of amides is 2. The zero-order chi connectivity index (χ0) is 16.3. The molecule has 2 amide bonds. The van der Waals surface area contributed by atoms with Crippen molar-refractivity contribution < 1.29 is 9.59 Å². The second kappa shape index (κ2) is 6.73. The van der Waals surface area contributed by atoms with E-state index in [1.165, 1.54) is 0 Å².